The monoisotopic (exact) mass is 220 g/mol. The molecule has 0 aromatic heterocycles. The second-order valence-corrected chi connectivity index (χ2v) is 4.45. The fourth-order valence-corrected chi connectivity index (χ4v) is 2.30. The van der Waals surface area contributed by atoms with Crippen molar-refractivity contribution in [2.75, 3.05) is 27.7 Å². The van der Waals surface area contributed by atoms with Gasteiger partial charge in [0.25, 0.3) is 0 Å². The normalized spacial score (nSPS) is 15.9. The molecule has 16 heavy (non-hydrogen) atoms. The van der Waals surface area contributed by atoms with Crippen LogP contribution in [0, 0.1) is 0 Å². The molecule has 0 radical (unpaired) electrons. The number of hydrogen-bond donors (Lipinski definition) is 1. The third-order valence-corrected chi connectivity index (χ3v) is 3.17. The van der Waals surface area contributed by atoms with Crippen molar-refractivity contribution in [3.05, 3.63) is 28.8 Å². The van der Waals surface area contributed by atoms with E-state index in [1.807, 2.05) is 7.05 Å². The zero-order chi connectivity index (χ0) is 11.5. The van der Waals surface area contributed by atoms with Gasteiger partial charge in [-0.2, -0.15) is 0 Å². The molecule has 1 heterocycles. The van der Waals surface area contributed by atoms with E-state index in [4.69, 9.17) is 4.74 Å². The van der Waals surface area contributed by atoms with Gasteiger partial charge >= 0.3 is 0 Å². The fraction of sp³-hybridized carbons (Fsp3) is 0.538. The van der Waals surface area contributed by atoms with E-state index >= 15 is 0 Å². The van der Waals surface area contributed by atoms with Crippen LogP contribution in [0.4, 0.5) is 0 Å². The molecule has 0 amide bonds. The van der Waals surface area contributed by atoms with Crippen LogP contribution in [-0.4, -0.2) is 32.6 Å². The molecule has 3 nitrogen and oxygen atoms in total. The first-order valence-corrected chi connectivity index (χ1v) is 5.76. The van der Waals surface area contributed by atoms with E-state index in [9.17, 15) is 0 Å². The van der Waals surface area contributed by atoms with Gasteiger partial charge in [0.15, 0.2) is 0 Å². The molecule has 1 aliphatic heterocycles. The zero-order valence-corrected chi connectivity index (χ0v) is 10.3. The van der Waals surface area contributed by atoms with Gasteiger partial charge in [0.1, 0.15) is 5.75 Å². The van der Waals surface area contributed by atoms with Gasteiger partial charge in [-0.25, -0.2) is 0 Å². The van der Waals surface area contributed by atoms with Gasteiger partial charge in [-0.3, -0.25) is 0 Å². The number of rotatable bonds is 3. The van der Waals surface area contributed by atoms with Crippen molar-refractivity contribution in [1.29, 1.82) is 0 Å². The molecule has 2 rings (SSSR count). The number of hydrogen-bond acceptors (Lipinski definition) is 3. The van der Waals surface area contributed by atoms with E-state index < -0.39 is 0 Å². The molecule has 1 aliphatic rings. The van der Waals surface area contributed by atoms with Gasteiger partial charge < -0.3 is 15.0 Å². The summed E-state index contributed by atoms with van der Waals surface area (Å²) in [6.45, 7) is 3.05. The van der Waals surface area contributed by atoms with Gasteiger partial charge in [0.2, 0.25) is 0 Å². The Kier molecular flexibility index (Phi) is 3.46. The van der Waals surface area contributed by atoms with Crippen LogP contribution in [0.25, 0.3) is 0 Å². The number of nitrogens with zero attached hydrogens (tertiary/aromatic N) is 1. The molecule has 0 saturated carbocycles. The summed E-state index contributed by atoms with van der Waals surface area (Å²) in [5, 5.41) is 3.18. The number of likely N-dealkylation sites (N-methyl/N-ethyl adjacent to an activating group) is 1. The number of nitrogens with one attached hydrogen (secondary N) is 1. The zero-order valence-electron chi connectivity index (χ0n) is 10.3. The molecule has 0 fully saturated rings. The lowest BCUT2D eigenvalue weighted by atomic mass is 9.96. The summed E-state index contributed by atoms with van der Waals surface area (Å²) in [6.07, 6.45) is 1.15. The third kappa shape index (κ3) is 2.20. The Balaban J connectivity index is 2.35. The predicted octanol–water partition coefficient (Wildman–Crippen LogP) is 1.40. The summed E-state index contributed by atoms with van der Waals surface area (Å²) in [5.74, 6) is 1.00. The number of fused-ring (bicyclic) bond motifs is 1. The maximum atomic E-state index is 5.44. The highest BCUT2D eigenvalue weighted by Gasteiger charge is 2.16. The van der Waals surface area contributed by atoms with E-state index in [0.717, 1.165) is 31.8 Å². The third-order valence-electron chi connectivity index (χ3n) is 3.17. The summed E-state index contributed by atoms with van der Waals surface area (Å²) in [4.78, 5) is 2.35. The van der Waals surface area contributed by atoms with Gasteiger partial charge in [-0.1, -0.05) is 6.07 Å². The van der Waals surface area contributed by atoms with Crippen LogP contribution in [0.1, 0.15) is 16.7 Å². The molecule has 1 aromatic carbocycles. The van der Waals surface area contributed by atoms with E-state index in [2.05, 4.69) is 29.4 Å². The predicted molar refractivity (Wildman–Crippen MR) is 65.8 cm³/mol. The van der Waals surface area contributed by atoms with Crippen molar-refractivity contribution < 1.29 is 4.74 Å². The minimum Gasteiger partial charge on any atom is -0.496 e. The van der Waals surface area contributed by atoms with Gasteiger partial charge in [-0.05, 0) is 37.7 Å². The van der Waals surface area contributed by atoms with Crippen molar-refractivity contribution in [3.63, 3.8) is 0 Å². The molecule has 1 aromatic rings. The Morgan fingerprint density at radius 3 is 2.88 bits per heavy atom. The SMILES string of the molecule is CNCc1cc2c(cc1OC)CN(C)CC2. The number of methoxy groups -OCH3 is 1. The molecule has 0 spiro atoms. The number of benzene rings is 1. The average Bonchev–Trinajstić information content (AvgIpc) is 2.29. The summed E-state index contributed by atoms with van der Waals surface area (Å²) >= 11 is 0. The summed E-state index contributed by atoms with van der Waals surface area (Å²) < 4.78 is 5.44. The smallest absolute Gasteiger partial charge is 0.123 e. The van der Waals surface area contributed by atoms with E-state index in [1.165, 1.54) is 16.7 Å². The molecule has 88 valence electrons. The van der Waals surface area contributed by atoms with Crippen molar-refractivity contribution >= 4 is 0 Å². The lowest BCUT2D eigenvalue weighted by molar-refractivity contribution is 0.311. The highest BCUT2D eigenvalue weighted by molar-refractivity contribution is 5.43. The first-order chi connectivity index (χ1) is 7.74. The summed E-state index contributed by atoms with van der Waals surface area (Å²) in [7, 11) is 5.87. The first-order valence-electron chi connectivity index (χ1n) is 5.76. The fourth-order valence-electron chi connectivity index (χ4n) is 2.30. The molecule has 0 atom stereocenters. The Bertz CT molecular complexity index is 361. The molecule has 1 N–H and O–H groups in total. The maximum absolute atomic E-state index is 5.44. The van der Waals surface area contributed by atoms with E-state index in [0.29, 0.717) is 0 Å². The van der Waals surface area contributed by atoms with Gasteiger partial charge in [0.05, 0.1) is 7.11 Å². The number of ether oxygens (including phenoxy) is 1. The Hall–Kier alpha value is -1.06. The minimum atomic E-state index is 0.867. The Morgan fingerprint density at radius 2 is 2.19 bits per heavy atom. The minimum absolute atomic E-state index is 0.867. The van der Waals surface area contributed by atoms with Crippen LogP contribution in [0.5, 0.6) is 5.75 Å². The van der Waals surface area contributed by atoms with Crippen LogP contribution < -0.4 is 10.1 Å². The van der Waals surface area contributed by atoms with E-state index in [-0.39, 0.29) is 0 Å². The average molecular weight is 220 g/mol. The van der Waals surface area contributed by atoms with Crippen LogP contribution in [0.3, 0.4) is 0 Å². The quantitative estimate of drug-likeness (QED) is 0.833. The summed E-state index contributed by atoms with van der Waals surface area (Å²) in [6, 6.07) is 4.48. The molecular formula is C13H20N2O. The molecule has 0 saturated heterocycles. The highest BCUT2D eigenvalue weighted by Crippen LogP contribution is 2.27. The highest BCUT2D eigenvalue weighted by atomic mass is 16.5. The maximum Gasteiger partial charge on any atom is 0.123 e. The first kappa shape index (κ1) is 11.4. The van der Waals surface area contributed by atoms with Crippen LogP contribution in [0.15, 0.2) is 12.1 Å². The van der Waals surface area contributed by atoms with E-state index in [1.54, 1.807) is 7.11 Å². The van der Waals surface area contributed by atoms with Crippen LogP contribution in [-0.2, 0) is 19.5 Å². The lowest BCUT2D eigenvalue weighted by Gasteiger charge is -2.26. The molecule has 0 unspecified atom stereocenters. The van der Waals surface area contributed by atoms with Crippen molar-refractivity contribution in [3.8, 4) is 5.75 Å². The van der Waals surface area contributed by atoms with Gasteiger partial charge in [0, 0.05) is 25.2 Å². The Morgan fingerprint density at radius 1 is 1.38 bits per heavy atom. The molecule has 3 heteroatoms. The lowest BCUT2D eigenvalue weighted by Crippen LogP contribution is -2.26. The van der Waals surface area contributed by atoms with Crippen molar-refractivity contribution in [2.24, 2.45) is 0 Å². The van der Waals surface area contributed by atoms with Crippen LogP contribution >= 0.6 is 0 Å². The second kappa shape index (κ2) is 4.85. The second-order valence-electron chi connectivity index (χ2n) is 4.45. The molecular weight excluding hydrogens is 200 g/mol. The topological polar surface area (TPSA) is 24.5 Å². The standard InChI is InChI=1S/C13H20N2O/c1-14-8-11-6-10-4-5-15(2)9-12(10)7-13(11)16-3/h6-7,14H,4-5,8-9H2,1-3H3. The Labute approximate surface area is 97.4 Å². The molecule has 0 bridgehead atoms. The molecule has 0 aliphatic carbocycles. The van der Waals surface area contributed by atoms with Crippen molar-refractivity contribution in [1.82, 2.24) is 10.2 Å². The largest absolute Gasteiger partial charge is 0.496 e. The van der Waals surface area contributed by atoms with Gasteiger partial charge in [-0.15, -0.1) is 0 Å². The van der Waals surface area contributed by atoms with Crippen LogP contribution in [0.2, 0.25) is 0 Å². The van der Waals surface area contributed by atoms with Crippen molar-refractivity contribution in [2.45, 2.75) is 19.5 Å². The summed E-state index contributed by atoms with van der Waals surface area (Å²) in [5.41, 5.74) is 4.14.